The zero-order valence-corrected chi connectivity index (χ0v) is 24.1. The minimum absolute atomic E-state index is 0.0654. The summed E-state index contributed by atoms with van der Waals surface area (Å²) in [7, 11) is 0. The third-order valence-electron chi connectivity index (χ3n) is 6.76. The fourth-order valence-electron chi connectivity index (χ4n) is 4.63. The summed E-state index contributed by atoms with van der Waals surface area (Å²) in [6.45, 7) is -1.98. The van der Waals surface area contributed by atoms with Gasteiger partial charge >= 0.3 is 36.9 Å². The predicted octanol–water partition coefficient (Wildman–Crippen LogP) is 7.98. The number of aryl methyl sites for hydroxylation is 1. The molecule has 0 fully saturated rings. The zero-order valence-electron chi connectivity index (χ0n) is 24.1. The summed E-state index contributed by atoms with van der Waals surface area (Å²) >= 11 is 0. The van der Waals surface area contributed by atoms with Crippen LogP contribution in [0.1, 0.15) is 40.7 Å². The predicted molar refractivity (Wildman–Crippen MR) is 143 cm³/mol. The van der Waals surface area contributed by atoms with Crippen molar-refractivity contribution < 1.29 is 72.1 Å². The molecular weight excluding hydrogens is 680 g/mol. The molecule has 3 N–H and O–H groups in total. The van der Waals surface area contributed by atoms with Gasteiger partial charge in [-0.2, -0.15) is 43.9 Å². The lowest BCUT2D eigenvalue weighted by Crippen LogP contribution is -2.53. The number of ether oxygens (including phenoxy) is 1. The van der Waals surface area contributed by atoms with Crippen LogP contribution in [0, 0.1) is 11.6 Å². The smallest absolute Gasteiger partial charge is 0.461 e. The zero-order chi connectivity index (χ0) is 36.1. The Morgan fingerprint density at radius 1 is 0.812 bits per heavy atom. The van der Waals surface area contributed by atoms with Crippen molar-refractivity contribution in [2.75, 3.05) is 6.54 Å². The lowest BCUT2D eigenvalue weighted by Gasteiger charge is -2.37. The van der Waals surface area contributed by atoms with Crippen LogP contribution >= 0.6 is 0 Å². The number of rotatable bonds is 13. The van der Waals surface area contributed by atoms with E-state index in [1.807, 2.05) is 5.32 Å². The summed E-state index contributed by atoms with van der Waals surface area (Å²) in [5, 5.41) is 12.3. The van der Waals surface area contributed by atoms with Crippen molar-refractivity contribution in [2.24, 2.45) is 0 Å². The quantitative estimate of drug-likeness (QED) is 0.158. The molecule has 6 nitrogen and oxygen atoms in total. The maximum absolute atomic E-state index is 14.9. The van der Waals surface area contributed by atoms with Gasteiger partial charge in [0.05, 0.1) is 11.1 Å². The Morgan fingerprint density at radius 3 is 2.00 bits per heavy atom. The van der Waals surface area contributed by atoms with Gasteiger partial charge in [-0.1, -0.05) is 30.3 Å². The van der Waals surface area contributed by atoms with E-state index in [1.54, 1.807) is 0 Å². The lowest BCUT2D eigenvalue weighted by molar-refractivity contribution is -0.253. The van der Waals surface area contributed by atoms with E-state index < -0.39 is 89.5 Å². The number of alkyl halides is 10. The molecule has 0 saturated heterocycles. The first kappa shape index (κ1) is 37.8. The van der Waals surface area contributed by atoms with Crippen LogP contribution in [0.3, 0.4) is 0 Å². The van der Waals surface area contributed by atoms with Crippen molar-refractivity contribution in [1.29, 1.82) is 0 Å². The second-order valence-corrected chi connectivity index (χ2v) is 10.4. The van der Waals surface area contributed by atoms with E-state index in [9.17, 15) is 62.3 Å². The number of carboxylic acids is 1. The second kappa shape index (κ2) is 14.6. The Hall–Kier alpha value is -4.64. The van der Waals surface area contributed by atoms with Gasteiger partial charge in [-0.15, -0.1) is 0 Å². The Balaban J connectivity index is 2.29. The molecule has 0 unspecified atom stereocenters. The number of carboxylic acid groups (broad SMARTS) is 1. The van der Waals surface area contributed by atoms with Crippen LogP contribution in [-0.4, -0.2) is 42.4 Å². The van der Waals surface area contributed by atoms with Gasteiger partial charge < -0.3 is 20.5 Å². The molecule has 0 saturated carbocycles. The van der Waals surface area contributed by atoms with Crippen LogP contribution in [0.25, 0.3) is 0 Å². The molecule has 0 bridgehead atoms. The minimum Gasteiger partial charge on any atom is -0.481 e. The average Bonchev–Trinajstić information content (AvgIpc) is 2.95. The summed E-state index contributed by atoms with van der Waals surface area (Å²) < 4.78 is 167. The van der Waals surface area contributed by atoms with Crippen molar-refractivity contribution in [1.82, 2.24) is 10.6 Å². The van der Waals surface area contributed by atoms with Crippen LogP contribution in [0.4, 0.5) is 57.5 Å². The Morgan fingerprint density at radius 2 is 1.44 bits per heavy atom. The number of hydrogen-bond donors (Lipinski definition) is 3. The Kier molecular flexibility index (Phi) is 11.5. The highest BCUT2D eigenvalue weighted by Gasteiger charge is 2.45. The van der Waals surface area contributed by atoms with E-state index in [1.165, 1.54) is 29.6 Å². The van der Waals surface area contributed by atoms with E-state index in [4.69, 9.17) is 5.11 Å². The number of nitrogens with one attached hydrogen (secondary N) is 2. The fourth-order valence-corrected chi connectivity index (χ4v) is 4.63. The highest BCUT2D eigenvalue weighted by Crippen LogP contribution is 2.41. The molecule has 0 radical (unpaired) electrons. The van der Waals surface area contributed by atoms with Crippen LogP contribution in [0.15, 0.2) is 60.7 Å². The third-order valence-corrected chi connectivity index (χ3v) is 6.76. The topological polar surface area (TPSA) is 87.7 Å². The maximum Gasteiger partial charge on any atom is 0.461 e. The van der Waals surface area contributed by atoms with Gasteiger partial charge in [0.25, 0.3) is 0 Å². The molecule has 3 aromatic rings. The summed E-state index contributed by atoms with van der Waals surface area (Å²) in [5.41, 5.74) is -5.51. The van der Waals surface area contributed by atoms with Gasteiger partial charge in [0.2, 0.25) is 0 Å². The largest absolute Gasteiger partial charge is 0.481 e. The molecule has 0 aromatic heterocycles. The molecule has 0 aliphatic rings. The maximum atomic E-state index is 14.9. The number of aliphatic carboxylic acids is 1. The van der Waals surface area contributed by atoms with Gasteiger partial charge in [-0.05, 0) is 59.4 Å². The summed E-state index contributed by atoms with van der Waals surface area (Å²) in [5.74, 6) is -5.73. The van der Waals surface area contributed by atoms with Gasteiger partial charge in [-0.3, -0.25) is 4.79 Å². The molecule has 0 aliphatic heterocycles. The van der Waals surface area contributed by atoms with Crippen molar-refractivity contribution in [2.45, 2.75) is 56.1 Å². The van der Waals surface area contributed by atoms with E-state index in [-0.39, 0.29) is 43.0 Å². The molecule has 3 rings (SSSR count). The van der Waals surface area contributed by atoms with Gasteiger partial charge in [0.15, 0.2) is 0 Å². The Labute approximate surface area is 263 Å². The second-order valence-electron chi connectivity index (χ2n) is 10.4. The number of carbonyl (C=O) groups excluding carboxylic acids is 1. The van der Waals surface area contributed by atoms with E-state index in [2.05, 4.69) is 4.74 Å². The number of hydrogen-bond acceptors (Lipinski definition) is 3. The highest BCUT2D eigenvalue weighted by molar-refractivity contribution is 5.76. The average molecular weight is 705 g/mol. The SMILES string of the molecule is O=C(O)CCCc1ccc(C[C@](NC(=O)NCC(F)(F)F)(c2cc(F)cc(OC(F)(F)C(F)F)c2)c2ccc(F)c(C(F)(F)F)c2)cc1. The van der Waals surface area contributed by atoms with E-state index in [0.717, 1.165) is 0 Å². The molecule has 3 aromatic carbocycles. The normalized spacial score (nSPS) is 13.6. The van der Waals surface area contributed by atoms with Crippen LogP contribution in [0.2, 0.25) is 0 Å². The van der Waals surface area contributed by atoms with Crippen LogP contribution in [0.5, 0.6) is 5.75 Å². The first-order valence-electron chi connectivity index (χ1n) is 13.6. The molecule has 48 heavy (non-hydrogen) atoms. The van der Waals surface area contributed by atoms with Crippen LogP contribution < -0.4 is 15.4 Å². The monoisotopic (exact) mass is 704 g/mol. The van der Waals surface area contributed by atoms with Crippen molar-refractivity contribution in [3.8, 4) is 5.75 Å². The molecule has 0 spiro atoms. The molecule has 0 aliphatic carbocycles. The third kappa shape index (κ3) is 10.2. The van der Waals surface area contributed by atoms with Crippen molar-refractivity contribution in [3.05, 3.63) is 100 Å². The number of carbonyl (C=O) groups is 2. The number of amides is 2. The number of benzene rings is 3. The Bertz CT molecular complexity index is 1590. The fraction of sp³-hybridized carbons (Fsp3) is 0.333. The first-order chi connectivity index (χ1) is 22.1. The molecule has 262 valence electrons. The first-order valence-corrected chi connectivity index (χ1v) is 13.6. The highest BCUT2D eigenvalue weighted by atomic mass is 19.4. The summed E-state index contributed by atoms with van der Waals surface area (Å²) in [6.07, 6.45) is -20.6. The lowest BCUT2D eigenvalue weighted by atomic mass is 9.77. The van der Waals surface area contributed by atoms with Crippen molar-refractivity contribution in [3.63, 3.8) is 0 Å². The molecule has 18 heteroatoms. The summed E-state index contributed by atoms with van der Waals surface area (Å²) in [6, 6.07) is 5.98. The van der Waals surface area contributed by atoms with E-state index >= 15 is 0 Å². The van der Waals surface area contributed by atoms with Gasteiger partial charge in [0.1, 0.15) is 23.9 Å². The van der Waals surface area contributed by atoms with Gasteiger partial charge in [0, 0.05) is 18.9 Å². The standard InChI is InChI=1S/C30H24F12N2O4/c31-20-10-19(11-21(13-20)48-30(41,42)25(33)34)27(44-26(47)43-15-28(35,36)37,18-8-9-23(32)22(12-18)29(38,39)40)14-17-6-4-16(5-7-17)2-1-3-24(45)46/h4-13,25H,1-3,14-15H2,(H,45,46)(H2,43,44,47)/t27-/m1/s1. The summed E-state index contributed by atoms with van der Waals surface area (Å²) in [4.78, 5) is 23.7. The number of halogens is 12. The number of urea groups is 1. The minimum atomic E-state index is -5.39. The van der Waals surface area contributed by atoms with Crippen molar-refractivity contribution >= 4 is 12.0 Å². The van der Waals surface area contributed by atoms with E-state index in [0.29, 0.717) is 23.8 Å². The molecule has 1 atom stereocenters. The molecular formula is C30H24F12N2O4. The molecule has 0 heterocycles. The molecule has 2 amide bonds. The van der Waals surface area contributed by atoms with Gasteiger partial charge in [-0.25, -0.2) is 13.6 Å². The van der Waals surface area contributed by atoms with Crippen LogP contribution in [-0.2, 0) is 29.4 Å².